The van der Waals surface area contributed by atoms with Crippen molar-refractivity contribution in [2.24, 2.45) is 0 Å². The Hall–Kier alpha value is -1.84. The lowest BCUT2D eigenvalue weighted by Crippen LogP contribution is -2.19. The molecule has 0 spiro atoms. The highest BCUT2D eigenvalue weighted by Gasteiger charge is 2.09. The number of ether oxygens (including phenoxy) is 1. The van der Waals surface area contributed by atoms with E-state index >= 15 is 0 Å². The Kier molecular flexibility index (Phi) is 3.97. The third kappa shape index (κ3) is 2.53. The van der Waals surface area contributed by atoms with Crippen molar-refractivity contribution in [2.75, 3.05) is 25.6 Å². The van der Waals surface area contributed by atoms with E-state index in [0.29, 0.717) is 0 Å². The summed E-state index contributed by atoms with van der Waals surface area (Å²) in [6.07, 6.45) is 3.95. The van der Waals surface area contributed by atoms with Gasteiger partial charge in [0, 0.05) is 19.0 Å². The molecule has 0 radical (unpaired) electrons. The first-order chi connectivity index (χ1) is 8.76. The van der Waals surface area contributed by atoms with Crippen molar-refractivity contribution in [1.29, 1.82) is 0 Å². The average Bonchev–Trinajstić information content (AvgIpc) is 2.43. The molecule has 0 saturated heterocycles. The predicted molar refractivity (Wildman–Crippen MR) is 74.3 cm³/mol. The Bertz CT molecular complexity index is 527. The summed E-state index contributed by atoms with van der Waals surface area (Å²) in [4.78, 5) is 10.9. The molecule has 0 atom stereocenters. The number of unbranched alkanes of at least 4 members (excludes halogenated alkanes) is 1. The Labute approximate surface area is 108 Å². The van der Waals surface area contributed by atoms with Crippen LogP contribution in [-0.4, -0.2) is 30.7 Å². The van der Waals surface area contributed by atoms with E-state index in [0.717, 1.165) is 35.4 Å². The van der Waals surface area contributed by atoms with Crippen LogP contribution in [0, 0.1) is 0 Å². The van der Waals surface area contributed by atoms with Crippen LogP contribution in [0.3, 0.4) is 0 Å². The molecule has 0 amide bonds. The molecule has 0 bridgehead atoms. The highest BCUT2D eigenvalue weighted by molar-refractivity contribution is 5.90. The van der Waals surface area contributed by atoms with E-state index in [4.69, 9.17) is 4.74 Å². The van der Waals surface area contributed by atoms with Gasteiger partial charge in [-0.2, -0.15) is 0 Å². The average molecular weight is 245 g/mol. The van der Waals surface area contributed by atoms with Crippen LogP contribution in [0.1, 0.15) is 19.8 Å². The zero-order valence-corrected chi connectivity index (χ0v) is 11.2. The molecule has 0 aliphatic rings. The van der Waals surface area contributed by atoms with E-state index in [2.05, 4.69) is 28.8 Å². The minimum Gasteiger partial charge on any atom is -0.497 e. The van der Waals surface area contributed by atoms with Gasteiger partial charge < -0.3 is 9.64 Å². The summed E-state index contributed by atoms with van der Waals surface area (Å²) in [7, 11) is 3.74. The van der Waals surface area contributed by atoms with Crippen LogP contribution in [0.4, 0.5) is 5.82 Å². The Balaban J connectivity index is 2.42. The van der Waals surface area contributed by atoms with Crippen molar-refractivity contribution in [3.05, 3.63) is 24.5 Å². The Morgan fingerprint density at radius 1 is 1.28 bits per heavy atom. The molecule has 1 heterocycles. The normalized spacial score (nSPS) is 10.6. The van der Waals surface area contributed by atoms with Gasteiger partial charge in [-0.25, -0.2) is 9.97 Å². The topological polar surface area (TPSA) is 38.2 Å². The molecule has 0 saturated carbocycles. The molecule has 0 aliphatic heterocycles. The molecule has 0 fully saturated rings. The number of methoxy groups -OCH3 is 1. The fraction of sp³-hybridized carbons (Fsp3) is 0.429. The monoisotopic (exact) mass is 245 g/mol. The van der Waals surface area contributed by atoms with Crippen LogP contribution in [-0.2, 0) is 0 Å². The number of rotatable bonds is 5. The van der Waals surface area contributed by atoms with Crippen molar-refractivity contribution in [3.8, 4) is 5.75 Å². The molecule has 0 N–H and O–H groups in total. The lowest BCUT2D eigenvalue weighted by Gasteiger charge is -2.19. The standard InChI is InChI=1S/C14H19N3O/c1-4-5-8-17(2)14-12-9-11(18-3)6-7-13(12)15-10-16-14/h6-7,9-10H,4-5,8H2,1-3H3. The SMILES string of the molecule is CCCCN(C)c1ncnc2ccc(OC)cc12. The molecule has 1 aromatic carbocycles. The lowest BCUT2D eigenvalue weighted by molar-refractivity contribution is 0.415. The first-order valence-electron chi connectivity index (χ1n) is 6.26. The number of anilines is 1. The van der Waals surface area contributed by atoms with Crippen LogP contribution in [0.15, 0.2) is 24.5 Å². The number of fused-ring (bicyclic) bond motifs is 1. The van der Waals surface area contributed by atoms with Crippen LogP contribution in [0.25, 0.3) is 10.9 Å². The van der Waals surface area contributed by atoms with Crippen LogP contribution in [0.5, 0.6) is 5.75 Å². The van der Waals surface area contributed by atoms with Crippen molar-refractivity contribution in [1.82, 2.24) is 9.97 Å². The summed E-state index contributed by atoms with van der Waals surface area (Å²) in [5.41, 5.74) is 0.948. The first kappa shape index (κ1) is 12.6. The Morgan fingerprint density at radius 2 is 2.11 bits per heavy atom. The van der Waals surface area contributed by atoms with E-state index in [-0.39, 0.29) is 0 Å². The molecule has 4 heteroatoms. The number of hydrogen-bond donors (Lipinski definition) is 0. The third-order valence-corrected chi connectivity index (χ3v) is 3.03. The van der Waals surface area contributed by atoms with Crippen molar-refractivity contribution in [3.63, 3.8) is 0 Å². The van der Waals surface area contributed by atoms with E-state index < -0.39 is 0 Å². The Morgan fingerprint density at radius 3 is 2.83 bits per heavy atom. The van der Waals surface area contributed by atoms with Gasteiger partial charge in [-0.1, -0.05) is 13.3 Å². The number of aromatic nitrogens is 2. The number of nitrogens with zero attached hydrogens (tertiary/aromatic N) is 3. The maximum absolute atomic E-state index is 5.26. The van der Waals surface area contributed by atoms with E-state index in [1.54, 1.807) is 13.4 Å². The molecular formula is C14H19N3O. The summed E-state index contributed by atoms with van der Waals surface area (Å²) >= 11 is 0. The smallest absolute Gasteiger partial charge is 0.139 e. The van der Waals surface area contributed by atoms with Crippen LogP contribution in [0.2, 0.25) is 0 Å². The maximum atomic E-state index is 5.26. The second-order valence-electron chi connectivity index (χ2n) is 4.36. The van der Waals surface area contributed by atoms with Gasteiger partial charge in [0.15, 0.2) is 0 Å². The second kappa shape index (κ2) is 5.67. The van der Waals surface area contributed by atoms with E-state index in [9.17, 15) is 0 Å². The predicted octanol–water partition coefficient (Wildman–Crippen LogP) is 2.87. The molecule has 4 nitrogen and oxygen atoms in total. The summed E-state index contributed by atoms with van der Waals surface area (Å²) in [6.45, 7) is 3.19. The number of benzene rings is 1. The molecule has 1 aromatic heterocycles. The van der Waals surface area contributed by atoms with Gasteiger partial charge in [0.05, 0.1) is 12.6 Å². The van der Waals surface area contributed by atoms with Gasteiger partial charge in [0.2, 0.25) is 0 Å². The quantitative estimate of drug-likeness (QED) is 0.812. The van der Waals surface area contributed by atoms with Gasteiger partial charge in [-0.3, -0.25) is 0 Å². The maximum Gasteiger partial charge on any atom is 0.139 e. The van der Waals surface area contributed by atoms with Gasteiger partial charge in [-0.15, -0.1) is 0 Å². The molecule has 2 aromatic rings. The highest BCUT2D eigenvalue weighted by Crippen LogP contribution is 2.26. The molecule has 18 heavy (non-hydrogen) atoms. The minimum atomic E-state index is 0.836. The lowest BCUT2D eigenvalue weighted by atomic mass is 10.2. The van der Waals surface area contributed by atoms with Gasteiger partial charge in [0.1, 0.15) is 17.9 Å². The molecular weight excluding hydrogens is 226 g/mol. The fourth-order valence-corrected chi connectivity index (χ4v) is 1.95. The fourth-order valence-electron chi connectivity index (χ4n) is 1.95. The zero-order chi connectivity index (χ0) is 13.0. The molecule has 2 rings (SSSR count). The van der Waals surface area contributed by atoms with Gasteiger partial charge in [-0.05, 0) is 24.6 Å². The molecule has 96 valence electrons. The van der Waals surface area contributed by atoms with Crippen LogP contribution >= 0.6 is 0 Å². The number of hydrogen-bond acceptors (Lipinski definition) is 4. The molecule has 0 aliphatic carbocycles. The first-order valence-corrected chi connectivity index (χ1v) is 6.26. The minimum absolute atomic E-state index is 0.836. The second-order valence-corrected chi connectivity index (χ2v) is 4.36. The van der Waals surface area contributed by atoms with E-state index in [1.807, 2.05) is 18.2 Å². The van der Waals surface area contributed by atoms with Gasteiger partial charge >= 0.3 is 0 Å². The highest BCUT2D eigenvalue weighted by atomic mass is 16.5. The van der Waals surface area contributed by atoms with Gasteiger partial charge in [0.25, 0.3) is 0 Å². The molecule has 0 unspecified atom stereocenters. The zero-order valence-electron chi connectivity index (χ0n) is 11.2. The van der Waals surface area contributed by atoms with Crippen LogP contribution < -0.4 is 9.64 Å². The van der Waals surface area contributed by atoms with Crippen molar-refractivity contribution < 1.29 is 4.74 Å². The third-order valence-electron chi connectivity index (χ3n) is 3.03. The summed E-state index contributed by atoms with van der Waals surface area (Å²) < 4.78 is 5.26. The largest absolute Gasteiger partial charge is 0.497 e. The summed E-state index contributed by atoms with van der Waals surface area (Å²) in [5.74, 6) is 1.80. The summed E-state index contributed by atoms with van der Waals surface area (Å²) in [6, 6.07) is 5.88. The van der Waals surface area contributed by atoms with E-state index in [1.165, 1.54) is 6.42 Å². The van der Waals surface area contributed by atoms with Crippen molar-refractivity contribution >= 4 is 16.7 Å². The van der Waals surface area contributed by atoms with Crippen molar-refractivity contribution in [2.45, 2.75) is 19.8 Å². The summed E-state index contributed by atoms with van der Waals surface area (Å²) in [5, 5.41) is 1.04.